The molecule has 0 radical (unpaired) electrons. The highest BCUT2D eigenvalue weighted by molar-refractivity contribution is 6.47. The van der Waals surface area contributed by atoms with E-state index in [9.17, 15) is 9.59 Å². The van der Waals surface area contributed by atoms with Crippen LogP contribution < -0.4 is 5.32 Å². The van der Waals surface area contributed by atoms with E-state index >= 15 is 0 Å². The molecular weight excluding hydrogens is 562 g/mol. The molecule has 3 aromatic rings. The van der Waals surface area contributed by atoms with Crippen molar-refractivity contribution in [3.05, 3.63) is 76.1 Å². The molecule has 2 N–H and O–H groups in total. The Labute approximate surface area is 258 Å². The van der Waals surface area contributed by atoms with Gasteiger partial charge in [-0.3, -0.25) is 14.6 Å². The van der Waals surface area contributed by atoms with Gasteiger partial charge in [0.05, 0.1) is 12.6 Å². The molecule has 10 heteroatoms. The predicted molar refractivity (Wildman–Crippen MR) is 168 cm³/mol. The van der Waals surface area contributed by atoms with Gasteiger partial charge in [0.2, 0.25) is 0 Å². The molecule has 1 atom stereocenters. The minimum absolute atomic E-state index is 0.0499. The number of benzene rings is 2. The van der Waals surface area contributed by atoms with Crippen LogP contribution in [-0.4, -0.2) is 48.7 Å². The fourth-order valence-corrected chi connectivity index (χ4v) is 6.57. The number of hydrogen-bond donors (Lipinski definition) is 2. The van der Waals surface area contributed by atoms with Crippen LogP contribution >= 0.6 is 11.6 Å². The summed E-state index contributed by atoms with van der Waals surface area (Å²) in [4.78, 5) is 34.7. The minimum Gasteiger partial charge on any atom is -0.345 e. The monoisotopic (exact) mass is 603 g/mol. The fourth-order valence-electron chi connectivity index (χ4n) is 6.38. The molecule has 1 aliphatic carbocycles. The summed E-state index contributed by atoms with van der Waals surface area (Å²) in [7, 11) is 0. The summed E-state index contributed by atoms with van der Waals surface area (Å²) < 4.78 is 0. The SMILES string of the molecule is CC(C)C1CCC2(CC1)N=C(c1cccc(Cl)c1)C(=O)N2[C@H](CCC(C)(C)C)c1ccc(C(=O)NCc2nn[nH]n2)cc1. The lowest BCUT2D eigenvalue weighted by molar-refractivity contribution is -0.133. The van der Waals surface area contributed by atoms with Crippen LogP contribution in [0.15, 0.2) is 53.5 Å². The Morgan fingerprint density at radius 3 is 2.47 bits per heavy atom. The van der Waals surface area contributed by atoms with Gasteiger partial charge < -0.3 is 10.2 Å². The molecule has 2 aromatic carbocycles. The minimum atomic E-state index is -0.608. The zero-order chi connectivity index (χ0) is 30.8. The molecular formula is C33H42ClN7O2. The Kier molecular flexibility index (Phi) is 9.02. The second-order valence-electron chi connectivity index (χ2n) is 13.5. The lowest BCUT2D eigenvalue weighted by Gasteiger charge is -2.46. The summed E-state index contributed by atoms with van der Waals surface area (Å²) in [6.07, 6.45) is 5.42. The van der Waals surface area contributed by atoms with Crippen molar-refractivity contribution in [3.63, 3.8) is 0 Å². The largest absolute Gasteiger partial charge is 0.345 e. The van der Waals surface area contributed by atoms with Crippen molar-refractivity contribution in [2.45, 2.75) is 91.4 Å². The number of aliphatic imine (C=N–C) groups is 1. The molecule has 228 valence electrons. The lowest BCUT2D eigenvalue weighted by atomic mass is 9.75. The molecule has 1 aromatic heterocycles. The zero-order valence-corrected chi connectivity index (χ0v) is 26.5. The number of tetrazole rings is 1. The summed E-state index contributed by atoms with van der Waals surface area (Å²) in [6, 6.07) is 14.9. The van der Waals surface area contributed by atoms with E-state index in [0.717, 1.165) is 49.7 Å². The molecule has 2 aliphatic rings. The summed E-state index contributed by atoms with van der Waals surface area (Å²) >= 11 is 6.36. The number of H-pyrrole nitrogens is 1. The molecule has 2 heterocycles. The predicted octanol–water partition coefficient (Wildman–Crippen LogP) is 6.52. The van der Waals surface area contributed by atoms with Gasteiger partial charge in [0.25, 0.3) is 11.8 Å². The quantitative estimate of drug-likeness (QED) is 0.289. The number of nitrogens with zero attached hydrogens (tertiary/aromatic N) is 5. The Morgan fingerprint density at radius 1 is 1.14 bits per heavy atom. The smallest absolute Gasteiger partial charge is 0.275 e. The van der Waals surface area contributed by atoms with Gasteiger partial charge in [-0.25, -0.2) is 0 Å². The maximum atomic E-state index is 14.5. The number of aromatic nitrogens is 4. The number of aromatic amines is 1. The van der Waals surface area contributed by atoms with E-state index in [0.29, 0.717) is 34.0 Å². The third-order valence-electron chi connectivity index (χ3n) is 8.89. The maximum Gasteiger partial charge on any atom is 0.275 e. The molecule has 2 amide bonds. The molecule has 9 nitrogen and oxygen atoms in total. The first-order valence-corrected chi connectivity index (χ1v) is 15.6. The Hall–Kier alpha value is -3.59. The van der Waals surface area contributed by atoms with Gasteiger partial charge >= 0.3 is 0 Å². The standard InChI is InChI=1S/C33H42ClN7O2/c1-21(2)22-13-17-33(18-14-22)36-29(25-7-6-8-26(34)19-25)31(43)41(33)27(15-16-32(3,4)5)23-9-11-24(12-10-23)30(42)35-20-28-37-39-40-38-28/h6-12,19,21-22,27H,13-18,20H2,1-5H3,(H,35,42)(H,37,38,39,40)/t22?,27-,33?/m1/s1. The second kappa shape index (κ2) is 12.6. The number of halogens is 1. The Bertz CT molecular complexity index is 1450. The average Bonchev–Trinajstić information content (AvgIpc) is 3.59. The summed E-state index contributed by atoms with van der Waals surface area (Å²) in [5.41, 5.74) is 2.24. The molecule has 0 saturated heterocycles. The van der Waals surface area contributed by atoms with E-state index in [2.05, 4.69) is 65.5 Å². The first-order chi connectivity index (χ1) is 20.5. The number of carbonyl (C=O) groups is 2. The third-order valence-corrected chi connectivity index (χ3v) is 9.13. The van der Waals surface area contributed by atoms with E-state index < -0.39 is 5.66 Å². The average molecular weight is 604 g/mol. The van der Waals surface area contributed by atoms with Crippen molar-refractivity contribution in [2.75, 3.05) is 0 Å². The number of carbonyl (C=O) groups excluding carboxylic acids is 2. The first kappa shape index (κ1) is 30.9. The van der Waals surface area contributed by atoms with Crippen LogP contribution in [-0.2, 0) is 11.3 Å². The molecule has 1 aliphatic heterocycles. The normalized spacial score (nSPS) is 21.4. The summed E-state index contributed by atoms with van der Waals surface area (Å²) in [6.45, 7) is 11.4. The molecule has 5 rings (SSSR count). The lowest BCUT2D eigenvalue weighted by Crippen LogP contribution is -2.51. The van der Waals surface area contributed by atoms with E-state index in [1.165, 1.54) is 0 Å². The van der Waals surface area contributed by atoms with Gasteiger partial charge in [-0.15, -0.1) is 10.2 Å². The number of hydrogen-bond acceptors (Lipinski definition) is 6. The van der Waals surface area contributed by atoms with Crippen molar-refractivity contribution < 1.29 is 9.59 Å². The highest BCUT2D eigenvalue weighted by Gasteiger charge is 2.52. The molecule has 0 unspecified atom stereocenters. The second-order valence-corrected chi connectivity index (χ2v) is 13.9. The molecule has 0 bridgehead atoms. The molecule has 1 spiro atoms. The van der Waals surface area contributed by atoms with E-state index in [-0.39, 0.29) is 29.8 Å². The fraction of sp³-hybridized carbons (Fsp3) is 0.515. The number of amides is 2. The van der Waals surface area contributed by atoms with Crippen molar-refractivity contribution in [3.8, 4) is 0 Å². The van der Waals surface area contributed by atoms with Crippen LogP contribution in [0.3, 0.4) is 0 Å². The highest BCUT2D eigenvalue weighted by atomic mass is 35.5. The molecule has 1 fully saturated rings. The van der Waals surface area contributed by atoms with Gasteiger partial charge in [0.1, 0.15) is 11.4 Å². The van der Waals surface area contributed by atoms with E-state index in [1.807, 2.05) is 48.5 Å². The van der Waals surface area contributed by atoms with Gasteiger partial charge in [-0.2, -0.15) is 5.21 Å². The van der Waals surface area contributed by atoms with E-state index in [4.69, 9.17) is 16.6 Å². The number of rotatable bonds is 9. The Morgan fingerprint density at radius 2 is 1.86 bits per heavy atom. The van der Waals surface area contributed by atoms with Crippen LogP contribution in [0.4, 0.5) is 0 Å². The van der Waals surface area contributed by atoms with Crippen LogP contribution in [0, 0.1) is 17.3 Å². The van der Waals surface area contributed by atoms with Crippen molar-refractivity contribution >= 4 is 29.1 Å². The van der Waals surface area contributed by atoms with Crippen LogP contribution in [0.2, 0.25) is 5.02 Å². The zero-order valence-electron chi connectivity index (χ0n) is 25.7. The van der Waals surface area contributed by atoms with E-state index in [1.54, 1.807) is 0 Å². The number of nitrogens with one attached hydrogen (secondary N) is 2. The van der Waals surface area contributed by atoms with Crippen LogP contribution in [0.25, 0.3) is 0 Å². The van der Waals surface area contributed by atoms with Gasteiger partial charge in [-0.1, -0.05) is 75.7 Å². The van der Waals surface area contributed by atoms with Crippen molar-refractivity contribution in [1.82, 2.24) is 30.8 Å². The summed E-state index contributed by atoms with van der Waals surface area (Å²) in [5, 5.41) is 17.1. The highest BCUT2D eigenvalue weighted by Crippen LogP contribution is 2.48. The molecule has 1 saturated carbocycles. The van der Waals surface area contributed by atoms with Gasteiger partial charge in [0.15, 0.2) is 5.82 Å². The summed E-state index contributed by atoms with van der Waals surface area (Å²) in [5.74, 6) is 1.34. The van der Waals surface area contributed by atoms with Crippen LogP contribution in [0.1, 0.15) is 106 Å². The topological polar surface area (TPSA) is 116 Å². The van der Waals surface area contributed by atoms with Gasteiger partial charge in [0, 0.05) is 16.1 Å². The first-order valence-electron chi connectivity index (χ1n) is 15.3. The third kappa shape index (κ3) is 6.98. The Balaban J connectivity index is 1.48. The van der Waals surface area contributed by atoms with Crippen LogP contribution in [0.5, 0.6) is 0 Å². The maximum absolute atomic E-state index is 14.5. The molecule has 43 heavy (non-hydrogen) atoms. The van der Waals surface area contributed by atoms with Crippen molar-refractivity contribution in [1.29, 1.82) is 0 Å². The van der Waals surface area contributed by atoms with Crippen molar-refractivity contribution in [2.24, 2.45) is 22.2 Å². The van der Waals surface area contributed by atoms with Gasteiger partial charge in [-0.05, 0) is 85.6 Å².